The van der Waals surface area contributed by atoms with Gasteiger partial charge in [0.2, 0.25) is 0 Å². The molecule has 0 saturated heterocycles. The Bertz CT molecular complexity index is 1340. The van der Waals surface area contributed by atoms with Crippen molar-refractivity contribution >= 4 is 17.9 Å². The number of rotatable bonds is 56. The summed E-state index contributed by atoms with van der Waals surface area (Å²) in [7, 11) is 0. The molecule has 0 aromatic carbocycles. The molecule has 416 valence electrons. The summed E-state index contributed by atoms with van der Waals surface area (Å²) in [6.45, 7) is 6.50. The fourth-order valence-corrected chi connectivity index (χ4v) is 8.78. The van der Waals surface area contributed by atoms with Gasteiger partial charge in [0.05, 0.1) is 0 Å². The summed E-state index contributed by atoms with van der Waals surface area (Å²) in [5.74, 6) is -0.924. The van der Waals surface area contributed by atoms with E-state index in [9.17, 15) is 14.4 Å². The van der Waals surface area contributed by atoms with Crippen LogP contribution in [0.5, 0.6) is 0 Å². The summed E-state index contributed by atoms with van der Waals surface area (Å²) in [6.07, 6.45) is 77.7. The molecule has 0 aromatic rings. The van der Waals surface area contributed by atoms with E-state index >= 15 is 0 Å². The Morgan fingerprint density at radius 2 is 0.542 bits per heavy atom. The van der Waals surface area contributed by atoms with Gasteiger partial charge in [0.15, 0.2) is 6.10 Å². The van der Waals surface area contributed by atoms with Crippen LogP contribution in [0.4, 0.5) is 0 Å². The van der Waals surface area contributed by atoms with Crippen LogP contribution in [-0.2, 0) is 28.6 Å². The quantitative estimate of drug-likeness (QED) is 0.0261. The Kier molecular flexibility index (Phi) is 57.8. The maximum Gasteiger partial charge on any atom is 0.306 e. The van der Waals surface area contributed by atoms with Crippen LogP contribution < -0.4 is 0 Å². The van der Waals surface area contributed by atoms with Crippen molar-refractivity contribution in [3.63, 3.8) is 0 Å². The van der Waals surface area contributed by atoms with Crippen LogP contribution in [-0.4, -0.2) is 37.2 Å². The molecule has 0 rings (SSSR count). The van der Waals surface area contributed by atoms with Gasteiger partial charge in [-0.1, -0.05) is 254 Å². The molecule has 0 saturated carbocycles. The molecule has 0 bridgehead atoms. The summed E-state index contributed by atoms with van der Waals surface area (Å²) in [6, 6.07) is 0. The Balaban J connectivity index is 4.30. The van der Waals surface area contributed by atoms with Gasteiger partial charge >= 0.3 is 17.9 Å². The minimum absolute atomic E-state index is 0.0894. The van der Waals surface area contributed by atoms with E-state index < -0.39 is 6.10 Å². The van der Waals surface area contributed by atoms with Crippen LogP contribution in [0.25, 0.3) is 0 Å². The van der Waals surface area contributed by atoms with Crippen LogP contribution in [0.15, 0.2) is 72.9 Å². The molecular formula is C66H116O6. The highest BCUT2D eigenvalue weighted by Gasteiger charge is 2.19. The van der Waals surface area contributed by atoms with E-state index in [4.69, 9.17) is 14.2 Å². The molecule has 0 aliphatic rings. The number of carbonyl (C=O) groups is 3. The van der Waals surface area contributed by atoms with Crippen molar-refractivity contribution in [1.82, 2.24) is 0 Å². The zero-order valence-electron chi connectivity index (χ0n) is 47.7. The average Bonchev–Trinajstić information content (AvgIpc) is 3.38. The van der Waals surface area contributed by atoms with Crippen LogP contribution in [0, 0.1) is 0 Å². The number of hydrogen-bond acceptors (Lipinski definition) is 6. The van der Waals surface area contributed by atoms with Gasteiger partial charge in [-0.25, -0.2) is 0 Å². The number of allylic oxidation sites excluding steroid dienone is 12. The zero-order chi connectivity index (χ0) is 52.2. The number of hydrogen-bond donors (Lipinski definition) is 0. The third-order valence-electron chi connectivity index (χ3n) is 13.4. The highest BCUT2D eigenvalue weighted by molar-refractivity contribution is 5.71. The lowest BCUT2D eigenvalue weighted by Gasteiger charge is -2.18. The van der Waals surface area contributed by atoms with E-state index in [0.29, 0.717) is 19.3 Å². The summed E-state index contributed by atoms with van der Waals surface area (Å²) in [5, 5.41) is 0. The maximum atomic E-state index is 12.9. The van der Waals surface area contributed by atoms with Crippen LogP contribution in [0.2, 0.25) is 0 Å². The predicted molar refractivity (Wildman–Crippen MR) is 311 cm³/mol. The Morgan fingerprint density at radius 1 is 0.292 bits per heavy atom. The van der Waals surface area contributed by atoms with Gasteiger partial charge in [0, 0.05) is 19.3 Å². The van der Waals surface area contributed by atoms with Crippen molar-refractivity contribution < 1.29 is 28.6 Å². The first kappa shape index (κ1) is 68.8. The maximum absolute atomic E-state index is 12.9. The Labute approximate surface area is 446 Å². The van der Waals surface area contributed by atoms with Crippen molar-refractivity contribution in [3.05, 3.63) is 72.9 Å². The highest BCUT2D eigenvalue weighted by Crippen LogP contribution is 2.16. The number of esters is 3. The molecule has 0 heterocycles. The molecule has 0 aromatic heterocycles. The number of ether oxygens (including phenoxy) is 3. The normalized spacial score (nSPS) is 12.5. The van der Waals surface area contributed by atoms with Gasteiger partial charge in [0.1, 0.15) is 13.2 Å². The third-order valence-corrected chi connectivity index (χ3v) is 13.4. The molecule has 0 aliphatic carbocycles. The fourth-order valence-electron chi connectivity index (χ4n) is 8.78. The number of carbonyl (C=O) groups excluding carboxylic acids is 3. The van der Waals surface area contributed by atoms with Crippen LogP contribution in [0.1, 0.15) is 310 Å². The van der Waals surface area contributed by atoms with E-state index in [2.05, 4.69) is 93.7 Å². The lowest BCUT2D eigenvalue weighted by Crippen LogP contribution is -2.30. The SMILES string of the molecule is CC/C=C\C/C=C\C/C=C\CCCCCC(=O)OCC(COC(=O)CCCCCCCCCCCCCCC/C=C\CCCCCCCCCC)OC(=O)CCCCCCC/C=C\C/C=C\CCCCCC. The van der Waals surface area contributed by atoms with Crippen molar-refractivity contribution in [2.24, 2.45) is 0 Å². The molecule has 6 heteroatoms. The summed E-state index contributed by atoms with van der Waals surface area (Å²) < 4.78 is 16.9. The lowest BCUT2D eigenvalue weighted by atomic mass is 10.0. The van der Waals surface area contributed by atoms with Crippen LogP contribution in [0.3, 0.4) is 0 Å². The zero-order valence-corrected chi connectivity index (χ0v) is 47.7. The van der Waals surface area contributed by atoms with E-state index in [1.54, 1.807) is 0 Å². The average molecular weight is 1010 g/mol. The smallest absolute Gasteiger partial charge is 0.306 e. The predicted octanol–water partition coefficient (Wildman–Crippen LogP) is 20.9. The van der Waals surface area contributed by atoms with Gasteiger partial charge in [-0.05, 0) is 109 Å². The minimum Gasteiger partial charge on any atom is -0.462 e. The van der Waals surface area contributed by atoms with Gasteiger partial charge in [0.25, 0.3) is 0 Å². The standard InChI is InChI=1S/C66H116O6/c1-4-7-10-13-16-19-22-25-27-29-30-31-32-33-34-35-36-37-39-41-44-47-50-53-56-59-65(68)71-62-63(61-70-64(67)58-55-52-49-46-43-40-24-21-18-15-12-9-6-3)72-66(69)60-57-54-51-48-45-42-38-28-26-23-20-17-14-11-8-5-2/h9,12,18,20-21,23,28-30,38,40,43,63H,4-8,10-11,13-17,19,22,24-27,31-37,39,41-42,44-62H2,1-3H3/b12-9-,21-18-,23-20-,30-29-,38-28-,43-40-. The first-order chi connectivity index (χ1) is 35.5. The van der Waals surface area contributed by atoms with Crippen molar-refractivity contribution in [1.29, 1.82) is 0 Å². The fraction of sp³-hybridized carbons (Fsp3) is 0.773. The van der Waals surface area contributed by atoms with Crippen molar-refractivity contribution in [2.45, 2.75) is 316 Å². The summed E-state index contributed by atoms with van der Waals surface area (Å²) >= 11 is 0. The Hall–Kier alpha value is -3.15. The van der Waals surface area contributed by atoms with E-state index in [1.165, 1.54) is 161 Å². The molecule has 0 radical (unpaired) electrons. The second-order valence-electron chi connectivity index (χ2n) is 20.6. The second-order valence-corrected chi connectivity index (χ2v) is 20.6. The molecule has 0 N–H and O–H groups in total. The van der Waals surface area contributed by atoms with Gasteiger partial charge in [-0.15, -0.1) is 0 Å². The molecule has 1 unspecified atom stereocenters. The Morgan fingerprint density at radius 3 is 0.889 bits per heavy atom. The molecular weight excluding hydrogens is 889 g/mol. The van der Waals surface area contributed by atoms with Gasteiger partial charge in [-0.3, -0.25) is 14.4 Å². The minimum atomic E-state index is -0.795. The van der Waals surface area contributed by atoms with E-state index in [1.807, 2.05) is 0 Å². The molecule has 0 aliphatic heterocycles. The third kappa shape index (κ3) is 57.7. The summed E-state index contributed by atoms with van der Waals surface area (Å²) in [4.78, 5) is 38.2. The largest absolute Gasteiger partial charge is 0.462 e. The van der Waals surface area contributed by atoms with Crippen LogP contribution >= 0.6 is 0 Å². The number of unbranched alkanes of at least 4 members (excludes halogenated alkanes) is 33. The monoisotopic (exact) mass is 1000 g/mol. The van der Waals surface area contributed by atoms with Crippen molar-refractivity contribution in [3.8, 4) is 0 Å². The molecule has 0 spiro atoms. The first-order valence-corrected chi connectivity index (χ1v) is 30.9. The first-order valence-electron chi connectivity index (χ1n) is 30.9. The topological polar surface area (TPSA) is 78.9 Å². The van der Waals surface area contributed by atoms with Gasteiger partial charge in [-0.2, -0.15) is 0 Å². The van der Waals surface area contributed by atoms with E-state index in [0.717, 1.165) is 109 Å². The summed E-state index contributed by atoms with van der Waals surface area (Å²) in [5.41, 5.74) is 0. The molecule has 6 nitrogen and oxygen atoms in total. The second kappa shape index (κ2) is 60.4. The van der Waals surface area contributed by atoms with E-state index in [-0.39, 0.29) is 31.1 Å². The van der Waals surface area contributed by atoms with Crippen molar-refractivity contribution in [2.75, 3.05) is 13.2 Å². The highest BCUT2D eigenvalue weighted by atomic mass is 16.6. The molecule has 72 heavy (non-hydrogen) atoms. The van der Waals surface area contributed by atoms with Gasteiger partial charge < -0.3 is 14.2 Å². The lowest BCUT2D eigenvalue weighted by molar-refractivity contribution is -0.167. The molecule has 0 amide bonds. The molecule has 1 atom stereocenters. The molecule has 0 fully saturated rings.